The van der Waals surface area contributed by atoms with E-state index in [1.165, 1.54) is 11.1 Å². The summed E-state index contributed by atoms with van der Waals surface area (Å²) in [4.78, 5) is 23.9. The van der Waals surface area contributed by atoms with Crippen LogP contribution in [0.25, 0.3) is 0 Å². The number of amides is 1. The molecule has 34 heavy (non-hydrogen) atoms. The Kier molecular flexibility index (Phi) is 6.45. The Hall–Kier alpha value is -4.00. The van der Waals surface area contributed by atoms with Gasteiger partial charge in [-0.05, 0) is 47.9 Å². The third-order valence-electron chi connectivity index (χ3n) is 6.16. The Bertz CT molecular complexity index is 1240. The molecule has 3 aromatic carbocycles. The van der Waals surface area contributed by atoms with Crippen molar-refractivity contribution in [1.82, 2.24) is 0 Å². The Labute approximate surface area is 198 Å². The van der Waals surface area contributed by atoms with Crippen molar-refractivity contribution < 1.29 is 24.2 Å². The normalized spacial score (nSPS) is 16.5. The Morgan fingerprint density at radius 1 is 1.03 bits per heavy atom. The molecule has 3 aromatic rings. The van der Waals surface area contributed by atoms with Gasteiger partial charge in [0.1, 0.15) is 5.54 Å². The zero-order valence-corrected chi connectivity index (χ0v) is 19.3. The van der Waals surface area contributed by atoms with Gasteiger partial charge < -0.3 is 25.6 Å². The zero-order chi connectivity index (χ0) is 24.3. The van der Waals surface area contributed by atoms with E-state index in [-0.39, 0.29) is 12.8 Å². The van der Waals surface area contributed by atoms with Crippen LogP contribution < -0.4 is 20.5 Å². The minimum Gasteiger partial charge on any atom is -0.493 e. The first-order valence-electron chi connectivity index (χ1n) is 11.1. The number of aliphatic carboxylic acids is 1. The van der Waals surface area contributed by atoms with Crippen LogP contribution in [0.15, 0.2) is 60.7 Å². The summed E-state index contributed by atoms with van der Waals surface area (Å²) in [7, 11) is 1.57. The van der Waals surface area contributed by atoms with Crippen LogP contribution in [0.4, 0.5) is 5.69 Å². The second kappa shape index (κ2) is 9.47. The molecule has 0 spiro atoms. The predicted molar refractivity (Wildman–Crippen MR) is 130 cm³/mol. The SMILES string of the molecule is COc1ccc(NC2(C(=O)O)Cc3ccc(C(N)=O)cc3C2)cc1OCCc1cccc(C)c1. The molecule has 0 bridgehead atoms. The van der Waals surface area contributed by atoms with E-state index >= 15 is 0 Å². The fourth-order valence-corrected chi connectivity index (χ4v) is 4.41. The number of carbonyl (C=O) groups is 2. The number of carboxylic acid groups (broad SMARTS) is 1. The van der Waals surface area contributed by atoms with E-state index in [1.54, 1.807) is 43.5 Å². The van der Waals surface area contributed by atoms with Gasteiger partial charge in [0.2, 0.25) is 5.91 Å². The summed E-state index contributed by atoms with van der Waals surface area (Å²) in [6.45, 7) is 2.51. The number of hydrogen-bond acceptors (Lipinski definition) is 5. The summed E-state index contributed by atoms with van der Waals surface area (Å²) in [6, 6.07) is 18.6. The van der Waals surface area contributed by atoms with Crippen LogP contribution in [0, 0.1) is 6.92 Å². The van der Waals surface area contributed by atoms with E-state index in [4.69, 9.17) is 15.2 Å². The molecule has 4 rings (SSSR count). The van der Waals surface area contributed by atoms with E-state index in [0.29, 0.717) is 29.4 Å². The van der Waals surface area contributed by atoms with Crippen molar-refractivity contribution in [2.24, 2.45) is 5.73 Å². The van der Waals surface area contributed by atoms with Crippen LogP contribution >= 0.6 is 0 Å². The number of hydrogen-bond donors (Lipinski definition) is 3. The van der Waals surface area contributed by atoms with Crippen molar-refractivity contribution in [1.29, 1.82) is 0 Å². The van der Waals surface area contributed by atoms with E-state index in [1.807, 2.05) is 6.07 Å². The molecule has 4 N–H and O–H groups in total. The molecule has 1 aliphatic rings. The quantitative estimate of drug-likeness (QED) is 0.448. The molecule has 7 nitrogen and oxygen atoms in total. The summed E-state index contributed by atoms with van der Waals surface area (Å²) in [5, 5.41) is 13.3. The van der Waals surface area contributed by atoms with Crippen molar-refractivity contribution in [2.75, 3.05) is 19.0 Å². The van der Waals surface area contributed by atoms with Gasteiger partial charge in [-0.15, -0.1) is 0 Å². The van der Waals surface area contributed by atoms with Crippen molar-refractivity contribution in [3.05, 3.63) is 88.5 Å². The van der Waals surface area contributed by atoms with Gasteiger partial charge >= 0.3 is 5.97 Å². The van der Waals surface area contributed by atoms with E-state index < -0.39 is 17.4 Å². The number of nitrogens with one attached hydrogen (secondary N) is 1. The third-order valence-corrected chi connectivity index (χ3v) is 6.16. The summed E-state index contributed by atoms with van der Waals surface area (Å²) in [5.74, 6) is -0.402. The molecular weight excluding hydrogens is 432 g/mol. The highest BCUT2D eigenvalue weighted by atomic mass is 16.5. The summed E-state index contributed by atoms with van der Waals surface area (Å²) < 4.78 is 11.4. The number of aryl methyl sites for hydroxylation is 1. The maximum atomic E-state index is 12.4. The molecule has 0 saturated heterocycles. The fourth-order valence-electron chi connectivity index (χ4n) is 4.41. The number of rotatable bonds is 9. The highest BCUT2D eigenvalue weighted by Crippen LogP contribution is 2.37. The summed E-state index contributed by atoms with van der Waals surface area (Å²) in [6.07, 6.45) is 1.25. The number of fused-ring (bicyclic) bond motifs is 1. The van der Waals surface area contributed by atoms with Gasteiger partial charge in [0.25, 0.3) is 0 Å². The van der Waals surface area contributed by atoms with Crippen LogP contribution in [-0.2, 0) is 24.1 Å². The lowest BCUT2D eigenvalue weighted by molar-refractivity contribution is -0.142. The zero-order valence-electron chi connectivity index (χ0n) is 19.3. The van der Waals surface area contributed by atoms with Crippen LogP contribution in [0.5, 0.6) is 11.5 Å². The monoisotopic (exact) mass is 460 g/mol. The van der Waals surface area contributed by atoms with E-state index in [2.05, 4.69) is 30.4 Å². The largest absolute Gasteiger partial charge is 0.493 e. The first-order chi connectivity index (χ1) is 16.3. The minimum absolute atomic E-state index is 0.231. The van der Waals surface area contributed by atoms with Crippen molar-refractivity contribution >= 4 is 17.6 Å². The number of carboxylic acids is 1. The highest BCUT2D eigenvalue weighted by molar-refractivity contribution is 5.93. The molecule has 0 saturated carbocycles. The van der Waals surface area contributed by atoms with Crippen LogP contribution in [0.1, 0.15) is 32.6 Å². The van der Waals surface area contributed by atoms with E-state index in [9.17, 15) is 14.7 Å². The van der Waals surface area contributed by atoms with Crippen LogP contribution in [-0.4, -0.2) is 36.2 Å². The lowest BCUT2D eigenvalue weighted by Gasteiger charge is -2.27. The lowest BCUT2D eigenvalue weighted by Crippen LogP contribution is -2.47. The van der Waals surface area contributed by atoms with Gasteiger partial charge in [0, 0.05) is 36.6 Å². The maximum Gasteiger partial charge on any atom is 0.330 e. The predicted octanol–water partition coefficient (Wildman–Crippen LogP) is 3.76. The molecule has 176 valence electrons. The second-order valence-corrected chi connectivity index (χ2v) is 8.67. The summed E-state index contributed by atoms with van der Waals surface area (Å²) in [5.41, 5.74) is 9.17. The number of ether oxygens (including phenoxy) is 2. The summed E-state index contributed by atoms with van der Waals surface area (Å²) >= 11 is 0. The number of nitrogens with two attached hydrogens (primary N) is 1. The number of primary amides is 1. The Balaban J connectivity index is 1.52. The van der Waals surface area contributed by atoms with Crippen molar-refractivity contribution in [3.8, 4) is 11.5 Å². The fraction of sp³-hybridized carbons (Fsp3) is 0.259. The first-order valence-corrected chi connectivity index (χ1v) is 11.1. The smallest absolute Gasteiger partial charge is 0.330 e. The van der Waals surface area contributed by atoms with Crippen molar-refractivity contribution in [2.45, 2.75) is 31.7 Å². The number of carbonyl (C=O) groups excluding carboxylic acids is 1. The maximum absolute atomic E-state index is 12.4. The minimum atomic E-state index is -1.24. The van der Waals surface area contributed by atoms with Gasteiger partial charge in [-0.1, -0.05) is 35.9 Å². The average Bonchev–Trinajstić information content (AvgIpc) is 3.18. The molecule has 7 heteroatoms. The second-order valence-electron chi connectivity index (χ2n) is 8.67. The highest BCUT2D eigenvalue weighted by Gasteiger charge is 2.44. The van der Waals surface area contributed by atoms with Crippen molar-refractivity contribution in [3.63, 3.8) is 0 Å². The van der Waals surface area contributed by atoms with Crippen LogP contribution in [0.2, 0.25) is 0 Å². The molecule has 0 aromatic heterocycles. The Morgan fingerprint density at radius 2 is 1.82 bits per heavy atom. The first kappa shape index (κ1) is 23.2. The van der Waals surface area contributed by atoms with Crippen LogP contribution in [0.3, 0.4) is 0 Å². The number of methoxy groups -OCH3 is 1. The standard InChI is InChI=1S/C27H28N2O5/c1-17-4-3-5-18(12-17)10-11-34-24-14-22(8-9-23(24)33-2)29-27(26(31)32)15-20-7-6-19(25(28)30)13-21(20)16-27/h3-9,12-14,29H,10-11,15-16H2,1-2H3,(H2,28,30)(H,31,32). The van der Waals surface area contributed by atoms with Gasteiger partial charge in [0.15, 0.2) is 11.5 Å². The molecule has 1 aliphatic carbocycles. The number of benzene rings is 3. The molecule has 0 fully saturated rings. The number of anilines is 1. The van der Waals surface area contributed by atoms with Gasteiger partial charge in [-0.2, -0.15) is 0 Å². The van der Waals surface area contributed by atoms with Gasteiger partial charge in [0.05, 0.1) is 13.7 Å². The molecule has 0 aliphatic heterocycles. The Morgan fingerprint density at radius 3 is 2.53 bits per heavy atom. The topological polar surface area (TPSA) is 111 Å². The van der Waals surface area contributed by atoms with Gasteiger partial charge in [-0.25, -0.2) is 4.79 Å². The molecule has 1 unspecified atom stereocenters. The average molecular weight is 461 g/mol. The van der Waals surface area contributed by atoms with E-state index in [0.717, 1.165) is 17.5 Å². The molecule has 0 radical (unpaired) electrons. The molecular formula is C27H28N2O5. The molecule has 1 atom stereocenters. The molecule has 1 amide bonds. The third kappa shape index (κ3) is 4.83. The lowest BCUT2D eigenvalue weighted by atomic mass is 9.95. The van der Waals surface area contributed by atoms with Gasteiger partial charge in [-0.3, -0.25) is 4.79 Å². The molecule has 0 heterocycles.